The number of nitrogens with zero attached hydrogens (tertiary/aromatic N) is 1. The van der Waals surface area contributed by atoms with E-state index in [4.69, 9.17) is 12.2 Å². The molecular formula is C16H25NS. The molecule has 4 saturated carbocycles. The summed E-state index contributed by atoms with van der Waals surface area (Å²) in [6, 6.07) is 0.432. The quantitative estimate of drug-likeness (QED) is 0.525. The summed E-state index contributed by atoms with van der Waals surface area (Å²) in [4.78, 5) is 4.65. The van der Waals surface area contributed by atoms with E-state index in [1.807, 2.05) is 0 Å². The van der Waals surface area contributed by atoms with Gasteiger partial charge in [-0.15, -0.1) is 0 Å². The summed E-state index contributed by atoms with van der Waals surface area (Å²) in [6.45, 7) is 9.76. The lowest BCUT2D eigenvalue weighted by Crippen LogP contribution is -2.55. The van der Waals surface area contributed by atoms with Crippen LogP contribution >= 0.6 is 12.2 Å². The Kier molecular flexibility index (Phi) is 2.78. The molecule has 2 heteroatoms. The summed E-state index contributed by atoms with van der Waals surface area (Å²) in [5.74, 6) is 3.57. The maximum absolute atomic E-state index is 4.93. The minimum atomic E-state index is 0.392. The van der Waals surface area contributed by atoms with Gasteiger partial charge in [-0.2, -0.15) is 0 Å². The largest absolute Gasteiger partial charge is 0.228 e. The van der Waals surface area contributed by atoms with Crippen LogP contribution in [-0.2, 0) is 0 Å². The second-order valence-corrected chi connectivity index (χ2v) is 8.09. The molecular weight excluding hydrogens is 238 g/mol. The molecule has 0 amide bonds. The van der Waals surface area contributed by atoms with Gasteiger partial charge in [0.05, 0.1) is 11.2 Å². The Balaban J connectivity index is 2.05. The lowest BCUT2D eigenvalue weighted by Gasteiger charge is -2.58. The van der Waals surface area contributed by atoms with Crippen LogP contribution in [0.1, 0.15) is 53.4 Å². The molecule has 4 bridgehead atoms. The predicted molar refractivity (Wildman–Crippen MR) is 78.8 cm³/mol. The molecule has 0 spiro atoms. The van der Waals surface area contributed by atoms with E-state index in [1.165, 1.54) is 25.7 Å². The Bertz CT molecular complexity index is 411. The van der Waals surface area contributed by atoms with Crippen molar-refractivity contribution in [2.24, 2.45) is 39.5 Å². The standard InChI is InChI=1S/C16H25NS/c1-10(2)11-8-16(4)13-5-6-15(3,7-12(11)13)14(16)17-9-18/h10-14H,5-8H2,1-4H3. The number of rotatable bonds is 2. The minimum absolute atomic E-state index is 0.392. The lowest BCUT2D eigenvalue weighted by atomic mass is 9.48. The first-order valence-electron chi connectivity index (χ1n) is 7.49. The maximum Gasteiger partial charge on any atom is 0.0712 e. The van der Waals surface area contributed by atoms with Crippen LogP contribution in [0, 0.1) is 34.5 Å². The van der Waals surface area contributed by atoms with Crippen LogP contribution in [0.2, 0.25) is 0 Å². The minimum Gasteiger partial charge on any atom is -0.228 e. The van der Waals surface area contributed by atoms with Crippen LogP contribution in [0.4, 0.5) is 0 Å². The van der Waals surface area contributed by atoms with Crippen molar-refractivity contribution in [2.75, 3.05) is 0 Å². The first kappa shape index (κ1) is 12.8. The Labute approximate surface area is 116 Å². The normalized spacial score (nSPS) is 53.6. The molecule has 0 saturated heterocycles. The fraction of sp³-hybridized carbons (Fsp3) is 0.938. The van der Waals surface area contributed by atoms with Crippen molar-refractivity contribution in [3.63, 3.8) is 0 Å². The van der Waals surface area contributed by atoms with E-state index in [-0.39, 0.29) is 0 Å². The third-order valence-corrected chi connectivity index (χ3v) is 6.75. The van der Waals surface area contributed by atoms with Crippen molar-refractivity contribution in [2.45, 2.75) is 59.4 Å². The van der Waals surface area contributed by atoms with Crippen molar-refractivity contribution in [1.82, 2.24) is 0 Å². The molecule has 0 aromatic heterocycles. The third-order valence-electron chi connectivity index (χ3n) is 6.64. The summed E-state index contributed by atoms with van der Waals surface area (Å²) in [7, 11) is 0. The lowest BCUT2D eigenvalue weighted by molar-refractivity contribution is -0.0654. The first-order valence-corrected chi connectivity index (χ1v) is 7.90. The average molecular weight is 263 g/mol. The van der Waals surface area contributed by atoms with E-state index in [1.54, 1.807) is 0 Å². The molecule has 0 heterocycles. The van der Waals surface area contributed by atoms with Gasteiger partial charge < -0.3 is 0 Å². The molecule has 0 aliphatic heterocycles. The van der Waals surface area contributed by atoms with Gasteiger partial charge in [-0.1, -0.05) is 27.7 Å². The summed E-state index contributed by atoms with van der Waals surface area (Å²) < 4.78 is 0. The summed E-state index contributed by atoms with van der Waals surface area (Å²) in [6.07, 6.45) is 5.51. The summed E-state index contributed by atoms with van der Waals surface area (Å²) in [5.41, 5.74) is 0.792. The van der Waals surface area contributed by atoms with Gasteiger partial charge in [-0.05, 0) is 72.4 Å². The zero-order chi connectivity index (χ0) is 13.1. The van der Waals surface area contributed by atoms with Gasteiger partial charge in [0, 0.05) is 0 Å². The number of thiocarbonyl (C=S) groups is 1. The zero-order valence-electron chi connectivity index (χ0n) is 12.1. The second kappa shape index (κ2) is 3.90. The van der Waals surface area contributed by atoms with Gasteiger partial charge in [0.15, 0.2) is 0 Å². The van der Waals surface area contributed by atoms with E-state index in [0.717, 1.165) is 23.7 Å². The van der Waals surface area contributed by atoms with Crippen molar-refractivity contribution in [3.05, 3.63) is 0 Å². The smallest absolute Gasteiger partial charge is 0.0712 e. The van der Waals surface area contributed by atoms with Crippen molar-refractivity contribution in [3.8, 4) is 0 Å². The molecule has 0 aromatic carbocycles. The zero-order valence-corrected chi connectivity index (χ0v) is 12.9. The van der Waals surface area contributed by atoms with Crippen molar-refractivity contribution < 1.29 is 0 Å². The van der Waals surface area contributed by atoms with Gasteiger partial charge in [0.25, 0.3) is 0 Å². The van der Waals surface area contributed by atoms with Crippen LogP contribution < -0.4 is 0 Å². The molecule has 4 rings (SSSR count). The molecule has 4 aliphatic carbocycles. The van der Waals surface area contributed by atoms with E-state index in [2.05, 4.69) is 37.8 Å². The van der Waals surface area contributed by atoms with Gasteiger partial charge in [0.2, 0.25) is 0 Å². The monoisotopic (exact) mass is 263 g/mol. The number of hydrogen-bond donors (Lipinski definition) is 0. The molecule has 4 aliphatic rings. The molecule has 18 heavy (non-hydrogen) atoms. The highest BCUT2D eigenvalue weighted by Crippen LogP contribution is 2.70. The molecule has 0 aromatic rings. The van der Waals surface area contributed by atoms with Crippen molar-refractivity contribution in [1.29, 1.82) is 0 Å². The number of isothiocyanates is 1. The van der Waals surface area contributed by atoms with Gasteiger partial charge in [-0.25, -0.2) is 4.99 Å². The molecule has 6 atom stereocenters. The van der Waals surface area contributed by atoms with Gasteiger partial charge in [0.1, 0.15) is 0 Å². The van der Waals surface area contributed by atoms with Crippen LogP contribution in [-0.4, -0.2) is 11.2 Å². The highest BCUT2D eigenvalue weighted by molar-refractivity contribution is 7.78. The Morgan fingerprint density at radius 2 is 2.00 bits per heavy atom. The fourth-order valence-corrected chi connectivity index (χ4v) is 6.11. The van der Waals surface area contributed by atoms with E-state index < -0.39 is 0 Å². The first-order chi connectivity index (χ1) is 8.42. The molecule has 0 N–H and O–H groups in total. The van der Waals surface area contributed by atoms with Crippen LogP contribution in [0.5, 0.6) is 0 Å². The van der Waals surface area contributed by atoms with Gasteiger partial charge >= 0.3 is 0 Å². The third kappa shape index (κ3) is 1.45. The highest BCUT2D eigenvalue weighted by Gasteiger charge is 2.66. The SMILES string of the molecule is CC(C)C1CC2(C)C3CCC(C)(CC13)C2N=C=S. The predicted octanol–water partition coefficient (Wildman–Crippen LogP) is 4.58. The van der Waals surface area contributed by atoms with E-state index >= 15 is 0 Å². The fourth-order valence-electron chi connectivity index (χ4n) is 6.01. The Hall–Kier alpha value is -0.200. The molecule has 6 unspecified atom stereocenters. The summed E-state index contributed by atoms with van der Waals surface area (Å²) in [5, 5.41) is 2.71. The number of hydrogen-bond acceptors (Lipinski definition) is 2. The molecule has 100 valence electrons. The highest BCUT2D eigenvalue weighted by atomic mass is 32.1. The molecule has 0 radical (unpaired) electrons. The second-order valence-electron chi connectivity index (χ2n) is 7.91. The van der Waals surface area contributed by atoms with Crippen molar-refractivity contribution >= 4 is 17.4 Å². The van der Waals surface area contributed by atoms with E-state index in [9.17, 15) is 0 Å². The maximum atomic E-state index is 4.93. The number of fused-ring (bicyclic) bond motifs is 1. The van der Waals surface area contributed by atoms with E-state index in [0.29, 0.717) is 16.9 Å². The average Bonchev–Trinajstić information content (AvgIpc) is 2.55. The van der Waals surface area contributed by atoms with Crippen LogP contribution in [0.25, 0.3) is 0 Å². The Morgan fingerprint density at radius 1 is 1.28 bits per heavy atom. The summed E-state index contributed by atoms with van der Waals surface area (Å²) >= 11 is 4.93. The number of aliphatic imine (C=N–C) groups is 1. The Morgan fingerprint density at radius 3 is 2.61 bits per heavy atom. The topological polar surface area (TPSA) is 12.4 Å². The van der Waals surface area contributed by atoms with Gasteiger partial charge in [-0.3, -0.25) is 0 Å². The van der Waals surface area contributed by atoms with Crippen LogP contribution in [0.15, 0.2) is 4.99 Å². The van der Waals surface area contributed by atoms with Crippen LogP contribution in [0.3, 0.4) is 0 Å². The molecule has 1 nitrogen and oxygen atoms in total. The molecule has 4 fully saturated rings.